The Bertz CT molecular complexity index is 556. The molecule has 0 saturated heterocycles. The van der Waals surface area contributed by atoms with E-state index in [-0.39, 0.29) is 16.1 Å². The molecule has 0 unspecified atom stereocenters. The second-order valence-corrected chi connectivity index (χ2v) is 6.11. The third-order valence-corrected chi connectivity index (χ3v) is 4.34. The smallest absolute Gasteiger partial charge is 0.180 e. The van der Waals surface area contributed by atoms with Crippen molar-refractivity contribution < 1.29 is 13.5 Å². The lowest BCUT2D eigenvalue weighted by molar-refractivity contribution is 0.475. The van der Waals surface area contributed by atoms with Crippen LogP contribution in [-0.4, -0.2) is 18.8 Å². The molecule has 0 amide bonds. The minimum absolute atomic E-state index is 0.0424. The largest absolute Gasteiger partial charge is 0.506 e. The van der Waals surface area contributed by atoms with Gasteiger partial charge >= 0.3 is 0 Å². The minimum atomic E-state index is -3.52. The summed E-state index contributed by atoms with van der Waals surface area (Å²) < 4.78 is 23.6. The molecular formula is C10H12N2O3S. The number of hydrogen-bond donors (Lipinski definition) is 2. The first-order chi connectivity index (χ1) is 7.30. The summed E-state index contributed by atoms with van der Waals surface area (Å²) in [7, 11) is -3.52. The molecule has 0 aliphatic rings. The van der Waals surface area contributed by atoms with Crippen LogP contribution in [0.4, 0.5) is 5.69 Å². The fourth-order valence-corrected chi connectivity index (χ4v) is 2.24. The van der Waals surface area contributed by atoms with Crippen molar-refractivity contribution in [3.63, 3.8) is 0 Å². The molecule has 16 heavy (non-hydrogen) atoms. The molecule has 0 spiro atoms. The molecule has 86 valence electrons. The summed E-state index contributed by atoms with van der Waals surface area (Å²) in [5, 5.41) is 17.5. The van der Waals surface area contributed by atoms with Gasteiger partial charge < -0.3 is 10.8 Å². The molecule has 0 atom stereocenters. The van der Waals surface area contributed by atoms with Gasteiger partial charge in [0.05, 0.1) is 21.4 Å². The topological polar surface area (TPSA) is 104 Å². The summed E-state index contributed by atoms with van der Waals surface area (Å²) in [5.41, 5.74) is 5.27. The van der Waals surface area contributed by atoms with Crippen molar-refractivity contribution >= 4 is 15.5 Å². The molecule has 0 aliphatic carbocycles. The maximum Gasteiger partial charge on any atom is 0.180 e. The van der Waals surface area contributed by atoms with Crippen LogP contribution in [0.5, 0.6) is 5.75 Å². The van der Waals surface area contributed by atoms with E-state index in [9.17, 15) is 13.5 Å². The number of nitrogens with zero attached hydrogens (tertiary/aromatic N) is 1. The van der Waals surface area contributed by atoms with Gasteiger partial charge in [0.1, 0.15) is 11.8 Å². The average molecular weight is 240 g/mol. The number of nitrogen functional groups attached to an aromatic ring is 1. The Balaban J connectivity index is 3.52. The zero-order valence-corrected chi connectivity index (χ0v) is 9.75. The van der Waals surface area contributed by atoms with Gasteiger partial charge in [-0.2, -0.15) is 5.26 Å². The Morgan fingerprint density at radius 2 is 2.00 bits per heavy atom. The lowest BCUT2D eigenvalue weighted by atomic mass is 10.2. The summed E-state index contributed by atoms with van der Waals surface area (Å²) in [6, 6.07) is 3.97. The molecule has 3 N–H and O–H groups in total. The van der Waals surface area contributed by atoms with Crippen molar-refractivity contribution in [3.8, 4) is 11.8 Å². The van der Waals surface area contributed by atoms with Crippen LogP contribution in [0.2, 0.25) is 0 Å². The fraction of sp³-hybridized carbons (Fsp3) is 0.300. The van der Waals surface area contributed by atoms with E-state index in [0.29, 0.717) is 0 Å². The number of phenolic OH excluding ortho intramolecular Hbond substituents is 1. The van der Waals surface area contributed by atoms with E-state index in [1.54, 1.807) is 6.07 Å². The molecular weight excluding hydrogens is 228 g/mol. The number of aromatic hydroxyl groups is 1. The average Bonchev–Trinajstić information content (AvgIpc) is 2.21. The van der Waals surface area contributed by atoms with E-state index in [1.807, 2.05) is 0 Å². The van der Waals surface area contributed by atoms with E-state index >= 15 is 0 Å². The van der Waals surface area contributed by atoms with E-state index in [1.165, 1.54) is 19.9 Å². The quantitative estimate of drug-likeness (QED) is 0.593. The Hall–Kier alpha value is -1.74. The third-order valence-electron chi connectivity index (χ3n) is 2.20. The Morgan fingerprint density at radius 1 is 1.44 bits per heavy atom. The fourth-order valence-electron chi connectivity index (χ4n) is 1.14. The van der Waals surface area contributed by atoms with E-state index in [4.69, 9.17) is 11.0 Å². The van der Waals surface area contributed by atoms with Crippen molar-refractivity contribution in [1.29, 1.82) is 5.26 Å². The molecule has 0 aliphatic heterocycles. The van der Waals surface area contributed by atoms with Gasteiger partial charge in [0.25, 0.3) is 0 Å². The number of phenols is 1. The van der Waals surface area contributed by atoms with Crippen molar-refractivity contribution in [2.75, 3.05) is 5.73 Å². The van der Waals surface area contributed by atoms with Gasteiger partial charge in [-0.3, -0.25) is 0 Å². The molecule has 1 aromatic rings. The highest BCUT2D eigenvalue weighted by Gasteiger charge is 2.21. The van der Waals surface area contributed by atoms with Crippen LogP contribution in [0.25, 0.3) is 0 Å². The van der Waals surface area contributed by atoms with Gasteiger partial charge in [0.2, 0.25) is 0 Å². The number of benzene rings is 1. The standard InChI is InChI=1S/C10H12N2O3S/c1-6(2)16(14,15)8-3-7(5-11)10(12)9(13)4-8/h3-4,6,13H,12H2,1-2H3. The molecule has 5 nitrogen and oxygen atoms in total. The van der Waals surface area contributed by atoms with Crippen molar-refractivity contribution in [2.24, 2.45) is 0 Å². The number of hydrogen-bond acceptors (Lipinski definition) is 5. The number of sulfone groups is 1. The van der Waals surface area contributed by atoms with Gasteiger partial charge in [-0.25, -0.2) is 8.42 Å². The summed E-state index contributed by atoms with van der Waals surface area (Å²) in [6.07, 6.45) is 0. The molecule has 1 aromatic carbocycles. The number of nitrogens with two attached hydrogens (primary N) is 1. The van der Waals surface area contributed by atoms with Gasteiger partial charge in [0, 0.05) is 6.07 Å². The normalized spacial score (nSPS) is 11.4. The van der Waals surface area contributed by atoms with Crippen LogP contribution < -0.4 is 5.73 Å². The second kappa shape index (κ2) is 4.02. The van der Waals surface area contributed by atoms with E-state index in [0.717, 1.165) is 6.07 Å². The predicted octanol–water partition coefficient (Wildman–Crippen LogP) is 1.03. The number of nitriles is 1. The molecule has 0 heterocycles. The summed E-state index contributed by atoms with van der Waals surface area (Å²) in [4.78, 5) is -0.0919. The van der Waals surface area contributed by atoms with Crippen LogP contribution in [0.3, 0.4) is 0 Å². The maximum absolute atomic E-state index is 11.8. The Labute approximate surface area is 94.0 Å². The molecule has 0 saturated carbocycles. The number of anilines is 1. The van der Waals surface area contributed by atoms with Crippen LogP contribution in [0.1, 0.15) is 19.4 Å². The van der Waals surface area contributed by atoms with Crippen LogP contribution >= 0.6 is 0 Å². The molecule has 0 radical (unpaired) electrons. The molecule has 0 fully saturated rings. The molecule has 0 bridgehead atoms. The van der Waals surface area contributed by atoms with E-state index in [2.05, 4.69) is 0 Å². The van der Waals surface area contributed by atoms with Crippen molar-refractivity contribution in [1.82, 2.24) is 0 Å². The zero-order chi connectivity index (χ0) is 12.5. The summed E-state index contributed by atoms with van der Waals surface area (Å²) >= 11 is 0. The summed E-state index contributed by atoms with van der Waals surface area (Å²) in [6.45, 7) is 3.05. The number of rotatable bonds is 2. The highest BCUT2D eigenvalue weighted by Crippen LogP contribution is 2.29. The van der Waals surface area contributed by atoms with Crippen LogP contribution in [-0.2, 0) is 9.84 Å². The molecule has 0 aromatic heterocycles. The first-order valence-corrected chi connectivity index (χ1v) is 6.11. The maximum atomic E-state index is 11.8. The first-order valence-electron chi connectivity index (χ1n) is 4.57. The first kappa shape index (κ1) is 12.3. The Morgan fingerprint density at radius 3 is 2.44 bits per heavy atom. The lowest BCUT2D eigenvalue weighted by Crippen LogP contribution is -2.14. The van der Waals surface area contributed by atoms with Gasteiger partial charge in [-0.05, 0) is 19.9 Å². The molecule has 1 rings (SSSR count). The van der Waals surface area contributed by atoms with Gasteiger partial charge in [-0.15, -0.1) is 0 Å². The Kier molecular flexibility index (Phi) is 3.10. The highest BCUT2D eigenvalue weighted by atomic mass is 32.2. The monoisotopic (exact) mass is 240 g/mol. The predicted molar refractivity (Wildman–Crippen MR) is 59.6 cm³/mol. The van der Waals surface area contributed by atoms with Crippen LogP contribution in [0, 0.1) is 11.3 Å². The third kappa shape index (κ3) is 1.95. The lowest BCUT2D eigenvalue weighted by Gasteiger charge is -2.10. The van der Waals surface area contributed by atoms with Gasteiger partial charge in [0.15, 0.2) is 9.84 Å². The highest BCUT2D eigenvalue weighted by molar-refractivity contribution is 7.92. The summed E-state index contributed by atoms with van der Waals surface area (Å²) in [5.74, 6) is -0.390. The second-order valence-electron chi connectivity index (χ2n) is 3.61. The van der Waals surface area contributed by atoms with Crippen molar-refractivity contribution in [2.45, 2.75) is 24.0 Å². The van der Waals surface area contributed by atoms with Crippen LogP contribution in [0.15, 0.2) is 17.0 Å². The molecule has 6 heteroatoms. The van der Waals surface area contributed by atoms with E-state index < -0.39 is 20.8 Å². The van der Waals surface area contributed by atoms with Crippen molar-refractivity contribution in [3.05, 3.63) is 17.7 Å². The van der Waals surface area contributed by atoms with Gasteiger partial charge in [-0.1, -0.05) is 0 Å². The minimum Gasteiger partial charge on any atom is -0.506 e. The zero-order valence-electron chi connectivity index (χ0n) is 8.93. The SMILES string of the molecule is CC(C)S(=O)(=O)c1cc(O)c(N)c(C#N)c1.